The van der Waals surface area contributed by atoms with Crippen LogP contribution in [0.3, 0.4) is 0 Å². The molecule has 0 bridgehead atoms. The van der Waals surface area contributed by atoms with E-state index in [4.69, 9.17) is 5.11 Å². The highest BCUT2D eigenvalue weighted by Gasteiger charge is 2.05. The monoisotopic (exact) mass is 247 g/mol. The van der Waals surface area contributed by atoms with Crippen molar-refractivity contribution in [1.82, 2.24) is 10.2 Å². The van der Waals surface area contributed by atoms with Gasteiger partial charge >= 0.3 is 5.97 Å². The van der Waals surface area contributed by atoms with E-state index in [-0.39, 0.29) is 18.7 Å². The molecular weight excluding hydrogens is 234 g/mol. The number of fused-ring (bicyclic) bond motifs is 1. The van der Waals surface area contributed by atoms with Crippen LogP contribution < -0.4 is 5.32 Å². The second-order valence-electron chi connectivity index (χ2n) is 3.97. The first kappa shape index (κ1) is 12.1. The van der Waals surface area contributed by atoms with Gasteiger partial charge in [0.15, 0.2) is 0 Å². The predicted molar refractivity (Wildman–Crippen MR) is 66.2 cm³/mol. The van der Waals surface area contributed by atoms with E-state index in [9.17, 15) is 9.59 Å². The van der Waals surface area contributed by atoms with Gasteiger partial charge in [-0.2, -0.15) is 5.10 Å². The molecule has 0 radical (unpaired) electrons. The fourth-order valence-electron chi connectivity index (χ4n) is 1.64. The zero-order chi connectivity index (χ0) is 13.0. The van der Waals surface area contributed by atoms with Crippen molar-refractivity contribution in [3.8, 4) is 0 Å². The predicted octanol–water partition coefficient (Wildman–Crippen LogP) is 1.76. The number of H-pyrrole nitrogens is 1. The summed E-state index contributed by atoms with van der Waals surface area (Å²) in [6.45, 7) is 0. The summed E-state index contributed by atoms with van der Waals surface area (Å²) in [6, 6.07) is 5.43. The summed E-state index contributed by atoms with van der Waals surface area (Å²) in [4.78, 5) is 21.9. The molecule has 1 amide bonds. The topological polar surface area (TPSA) is 95.1 Å². The lowest BCUT2D eigenvalue weighted by molar-refractivity contribution is -0.137. The number of carboxylic acid groups (broad SMARTS) is 1. The van der Waals surface area contributed by atoms with E-state index in [1.807, 2.05) is 6.07 Å². The summed E-state index contributed by atoms with van der Waals surface area (Å²) in [5.74, 6) is -1.07. The first-order valence-electron chi connectivity index (χ1n) is 5.60. The number of hydrogen-bond acceptors (Lipinski definition) is 3. The maximum absolute atomic E-state index is 11.5. The number of rotatable bonds is 5. The van der Waals surface area contributed by atoms with E-state index in [2.05, 4.69) is 15.5 Å². The Bertz CT molecular complexity index is 577. The van der Waals surface area contributed by atoms with Crippen LogP contribution in [0, 0.1) is 0 Å². The maximum atomic E-state index is 11.5. The third-order valence-corrected chi connectivity index (χ3v) is 2.52. The van der Waals surface area contributed by atoms with Crippen LogP contribution >= 0.6 is 0 Å². The second-order valence-corrected chi connectivity index (χ2v) is 3.97. The number of aliphatic carboxylic acids is 1. The molecule has 0 unspecified atom stereocenters. The number of hydrogen-bond donors (Lipinski definition) is 3. The van der Waals surface area contributed by atoms with Crippen LogP contribution in [0.2, 0.25) is 0 Å². The van der Waals surface area contributed by atoms with Crippen molar-refractivity contribution < 1.29 is 14.7 Å². The van der Waals surface area contributed by atoms with Gasteiger partial charge in [0.25, 0.3) is 0 Å². The summed E-state index contributed by atoms with van der Waals surface area (Å²) in [5, 5.41) is 18.9. The fraction of sp³-hybridized carbons (Fsp3) is 0.250. The van der Waals surface area contributed by atoms with E-state index in [1.54, 1.807) is 18.3 Å². The minimum atomic E-state index is -0.887. The number of carbonyl (C=O) groups excluding carboxylic acids is 1. The van der Waals surface area contributed by atoms with Gasteiger partial charge in [-0.25, -0.2) is 0 Å². The molecule has 3 N–H and O–H groups in total. The van der Waals surface area contributed by atoms with Gasteiger partial charge in [-0.05, 0) is 24.6 Å². The lowest BCUT2D eigenvalue weighted by atomic mass is 10.2. The van der Waals surface area contributed by atoms with E-state index in [0.29, 0.717) is 12.1 Å². The Morgan fingerprint density at radius 2 is 2.17 bits per heavy atom. The highest BCUT2D eigenvalue weighted by Crippen LogP contribution is 2.16. The van der Waals surface area contributed by atoms with Crippen molar-refractivity contribution in [2.75, 3.05) is 5.32 Å². The second kappa shape index (κ2) is 5.31. The molecular formula is C12H13N3O3. The van der Waals surface area contributed by atoms with Crippen LogP contribution in [0.4, 0.5) is 5.69 Å². The quantitative estimate of drug-likeness (QED) is 0.750. The Hall–Kier alpha value is -2.37. The molecule has 6 nitrogen and oxygen atoms in total. The minimum Gasteiger partial charge on any atom is -0.481 e. The highest BCUT2D eigenvalue weighted by molar-refractivity contribution is 5.93. The molecule has 0 saturated heterocycles. The Balaban J connectivity index is 1.91. The van der Waals surface area contributed by atoms with E-state index >= 15 is 0 Å². The molecule has 94 valence electrons. The zero-order valence-electron chi connectivity index (χ0n) is 9.64. The number of carboxylic acids is 1. The van der Waals surface area contributed by atoms with Crippen LogP contribution in [-0.2, 0) is 9.59 Å². The minimum absolute atomic E-state index is 0.00695. The number of aromatic nitrogens is 2. The highest BCUT2D eigenvalue weighted by atomic mass is 16.4. The van der Waals surface area contributed by atoms with Crippen molar-refractivity contribution in [3.63, 3.8) is 0 Å². The first-order valence-corrected chi connectivity index (χ1v) is 5.60. The molecule has 18 heavy (non-hydrogen) atoms. The standard InChI is InChI=1S/C12H13N3O3/c16-11(2-1-3-12(17)18)14-9-5-4-8-7-13-15-10(8)6-9/h4-7H,1-3H2,(H,13,15)(H,14,16)(H,17,18). The molecule has 1 aromatic carbocycles. The summed E-state index contributed by atoms with van der Waals surface area (Å²) < 4.78 is 0. The van der Waals surface area contributed by atoms with Crippen molar-refractivity contribution in [1.29, 1.82) is 0 Å². The average molecular weight is 247 g/mol. The molecule has 0 saturated carbocycles. The van der Waals surface area contributed by atoms with Crippen LogP contribution in [-0.4, -0.2) is 27.2 Å². The van der Waals surface area contributed by atoms with Gasteiger partial charge in [-0.3, -0.25) is 14.7 Å². The van der Waals surface area contributed by atoms with Gasteiger partial charge < -0.3 is 10.4 Å². The van der Waals surface area contributed by atoms with Crippen molar-refractivity contribution >= 4 is 28.5 Å². The molecule has 2 aromatic rings. The van der Waals surface area contributed by atoms with Crippen LogP contribution in [0.15, 0.2) is 24.4 Å². The van der Waals surface area contributed by atoms with Crippen LogP contribution in [0.25, 0.3) is 10.9 Å². The average Bonchev–Trinajstić information content (AvgIpc) is 2.75. The lowest BCUT2D eigenvalue weighted by Crippen LogP contribution is -2.11. The third-order valence-electron chi connectivity index (χ3n) is 2.52. The number of anilines is 1. The molecule has 1 heterocycles. The van der Waals surface area contributed by atoms with Crippen LogP contribution in [0.1, 0.15) is 19.3 Å². The van der Waals surface area contributed by atoms with Gasteiger partial charge in [-0.1, -0.05) is 0 Å². The van der Waals surface area contributed by atoms with Gasteiger partial charge in [-0.15, -0.1) is 0 Å². The molecule has 6 heteroatoms. The number of nitrogens with zero attached hydrogens (tertiary/aromatic N) is 1. The summed E-state index contributed by atoms with van der Waals surface area (Å²) in [6.07, 6.45) is 2.25. The van der Waals surface area contributed by atoms with E-state index < -0.39 is 5.97 Å². The first-order chi connectivity index (χ1) is 8.65. The van der Waals surface area contributed by atoms with Gasteiger partial charge in [0.05, 0.1) is 11.7 Å². The number of amides is 1. The molecule has 2 rings (SSSR count). The largest absolute Gasteiger partial charge is 0.481 e. The number of aromatic amines is 1. The Morgan fingerprint density at radius 3 is 2.94 bits per heavy atom. The lowest BCUT2D eigenvalue weighted by Gasteiger charge is -2.04. The Morgan fingerprint density at radius 1 is 1.33 bits per heavy atom. The summed E-state index contributed by atoms with van der Waals surface area (Å²) in [7, 11) is 0. The molecule has 0 aliphatic heterocycles. The maximum Gasteiger partial charge on any atom is 0.303 e. The molecule has 1 aromatic heterocycles. The SMILES string of the molecule is O=C(O)CCCC(=O)Nc1ccc2cn[nH]c2c1. The smallest absolute Gasteiger partial charge is 0.303 e. The zero-order valence-corrected chi connectivity index (χ0v) is 9.64. The van der Waals surface area contributed by atoms with E-state index in [0.717, 1.165) is 10.9 Å². The normalized spacial score (nSPS) is 10.4. The molecule has 0 aliphatic rings. The molecule has 0 aliphatic carbocycles. The van der Waals surface area contributed by atoms with Gasteiger partial charge in [0, 0.05) is 23.9 Å². The Kier molecular flexibility index (Phi) is 3.57. The number of nitrogens with one attached hydrogen (secondary N) is 2. The molecule has 0 spiro atoms. The van der Waals surface area contributed by atoms with Crippen molar-refractivity contribution in [2.45, 2.75) is 19.3 Å². The van der Waals surface area contributed by atoms with Gasteiger partial charge in [0.1, 0.15) is 0 Å². The van der Waals surface area contributed by atoms with Crippen molar-refractivity contribution in [3.05, 3.63) is 24.4 Å². The Labute approximate surface area is 103 Å². The van der Waals surface area contributed by atoms with Crippen molar-refractivity contribution in [2.24, 2.45) is 0 Å². The molecule has 0 fully saturated rings. The van der Waals surface area contributed by atoms with E-state index in [1.165, 1.54) is 0 Å². The number of carbonyl (C=O) groups is 2. The van der Waals surface area contributed by atoms with Crippen LogP contribution in [0.5, 0.6) is 0 Å². The number of benzene rings is 1. The van der Waals surface area contributed by atoms with Gasteiger partial charge in [0.2, 0.25) is 5.91 Å². The molecule has 0 atom stereocenters. The summed E-state index contributed by atoms with van der Waals surface area (Å²) in [5.41, 5.74) is 1.52. The fourth-order valence-corrected chi connectivity index (χ4v) is 1.64. The third kappa shape index (κ3) is 3.07. The summed E-state index contributed by atoms with van der Waals surface area (Å²) >= 11 is 0.